The van der Waals surface area contributed by atoms with Gasteiger partial charge in [0.1, 0.15) is 11.6 Å². The van der Waals surface area contributed by atoms with Gasteiger partial charge in [-0.05, 0) is 30.7 Å². The van der Waals surface area contributed by atoms with E-state index in [1.165, 1.54) is 12.1 Å². The first-order valence-electron chi connectivity index (χ1n) is 5.67. The molecule has 2 rings (SSSR count). The Hall–Kier alpha value is -0.810. The van der Waals surface area contributed by atoms with Crippen molar-refractivity contribution in [3.05, 3.63) is 63.4 Å². The Morgan fingerprint density at radius 1 is 1.21 bits per heavy atom. The predicted molar refractivity (Wildman–Crippen MR) is 78.4 cm³/mol. The van der Waals surface area contributed by atoms with Crippen LogP contribution in [0.1, 0.15) is 21.6 Å². The van der Waals surface area contributed by atoms with Gasteiger partial charge in [0.15, 0.2) is 0 Å². The van der Waals surface area contributed by atoms with Crippen molar-refractivity contribution in [2.75, 3.05) is 0 Å². The zero-order chi connectivity index (χ0) is 14.0. The fourth-order valence-corrected chi connectivity index (χ4v) is 2.93. The fourth-order valence-electron chi connectivity index (χ4n) is 1.76. The van der Waals surface area contributed by atoms with E-state index >= 15 is 0 Å². The van der Waals surface area contributed by atoms with E-state index in [4.69, 9.17) is 0 Å². The van der Waals surface area contributed by atoms with Gasteiger partial charge in [0.05, 0.1) is 4.83 Å². The highest BCUT2D eigenvalue weighted by Crippen LogP contribution is 2.32. The van der Waals surface area contributed by atoms with Crippen LogP contribution in [0.15, 0.2) is 34.9 Å². The molecule has 0 aliphatic carbocycles. The lowest BCUT2D eigenvalue weighted by atomic mass is 10.1. The molecule has 0 fully saturated rings. The van der Waals surface area contributed by atoms with E-state index in [1.54, 1.807) is 6.20 Å². The molecule has 1 unspecified atom stereocenters. The molecule has 0 saturated heterocycles. The summed E-state index contributed by atoms with van der Waals surface area (Å²) in [5, 5.41) is 0. The van der Waals surface area contributed by atoms with Gasteiger partial charge in [-0.3, -0.25) is 4.98 Å². The second kappa shape index (κ2) is 6.09. The molecule has 0 radical (unpaired) electrons. The summed E-state index contributed by atoms with van der Waals surface area (Å²) in [6.07, 6.45) is 2.17. The number of aromatic nitrogens is 1. The lowest BCUT2D eigenvalue weighted by molar-refractivity contribution is 0.551. The quantitative estimate of drug-likeness (QED) is 0.663. The zero-order valence-electron chi connectivity index (χ0n) is 10.1. The van der Waals surface area contributed by atoms with E-state index in [1.807, 2.05) is 19.1 Å². The highest BCUT2D eigenvalue weighted by atomic mass is 79.9. The molecule has 5 heteroatoms. The summed E-state index contributed by atoms with van der Waals surface area (Å²) in [7, 11) is 0. The first kappa shape index (κ1) is 14.6. The van der Waals surface area contributed by atoms with Crippen molar-refractivity contribution in [3.8, 4) is 0 Å². The molecule has 0 N–H and O–H groups in total. The monoisotopic (exact) mass is 389 g/mol. The number of hydrogen-bond acceptors (Lipinski definition) is 1. The van der Waals surface area contributed by atoms with Crippen molar-refractivity contribution in [2.45, 2.75) is 18.2 Å². The molecule has 1 aromatic carbocycles. The van der Waals surface area contributed by atoms with E-state index in [9.17, 15) is 8.78 Å². The molecule has 100 valence electrons. The minimum absolute atomic E-state index is 0.0329. The normalized spacial score (nSPS) is 12.5. The van der Waals surface area contributed by atoms with Gasteiger partial charge < -0.3 is 0 Å². The average molecular weight is 391 g/mol. The Morgan fingerprint density at radius 3 is 2.37 bits per heavy atom. The Morgan fingerprint density at radius 2 is 1.84 bits per heavy atom. The van der Waals surface area contributed by atoms with Gasteiger partial charge in [0.25, 0.3) is 0 Å². The van der Waals surface area contributed by atoms with Crippen molar-refractivity contribution in [2.24, 2.45) is 0 Å². The number of alkyl halides is 1. The molecule has 0 spiro atoms. The van der Waals surface area contributed by atoms with Gasteiger partial charge in [0.2, 0.25) is 0 Å². The van der Waals surface area contributed by atoms with Crippen molar-refractivity contribution >= 4 is 31.9 Å². The molecule has 0 aliphatic rings. The number of halogens is 4. The third kappa shape index (κ3) is 3.60. The average Bonchev–Trinajstić information content (AvgIpc) is 2.30. The van der Waals surface area contributed by atoms with Crippen molar-refractivity contribution in [1.29, 1.82) is 0 Å². The van der Waals surface area contributed by atoms with Gasteiger partial charge in [0, 0.05) is 28.3 Å². The number of pyridine rings is 1. The Labute approximate surface area is 127 Å². The standard InChI is InChI=1S/C14H11Br2F2N/c1-8-2-3-10(19-7-8)6-11(16)14-12(17)4-9(15)5-13(14)18/h2-5,7,11H,6H2,1H3. The summed E-state index contributed by atoms with van der Waals surface area (Å²) in [6.45, 7) is 1.94. The minimum atomic E-state index is -0.569. The van der Waals surface area contributed by atoms with E-state index in [2.05, 4.69) is 36.8 Å². The van der Waals surface area contributed by atoms with Gasteiger partial charge >= 0.3 is 0 Å². The highest BCUT2D eigenvalue weighted by molar-refractivity contribution is 9.10. The summed E-state index contributed by atoms with van der Waals surface area (Å²) >= 11 is 6.40. The molecule has 1 heterocycles. The molecule has 0 saturated carbocycles. The Balaban J connectivity index is 2.25. The lowest BCUT2D eigenvalue weighted by Crippen LogP contribution is -2.03. The SMILES string of the molecule is Cc1ccc(CC(Br)c2c(F)cc(Br)cc2F)nc1. The topological polar surface area (TPSA) is 12.9 Å². The molecule has 0 amide bonds. The maximum Gasteiger partial charge on any atom is 0.131 e. The summed E-state index contributed by atoms with van der Waals surface area (Å²) in [5.41, 5.74) is 1.87. The highest BCUT2D eigenvalue weighted by Gasteiger charge is 2.19. The van der Waals surface area contributed by atoms with Crippen LogP contribution >= 0.6 is 31.9 Å². The molecule has 1 atom stereocenters. The molecular weight excluding hydrogens is 380 g/mol. The largest absolute Gasteiger partial charge is 0.261 e. The van der Waals surface area contributed by atoms with Crippen molar-refractivity contribution in [1.82, 2.24) is 4.98 Å². The molecule has 0 aliphatic heterocycles. The van der Waals surface area contributed by atoms with E-state index in [0.29, 0.717) is 10.9 Å². The van der Waals surface area contributed by atoms with Crippen LogP contribution in [0.25, 0.3) is 0 Å². The summed E-state index contributed by atoms with van der Waals surface area (Å²) in [6, 6.07) is 6.30. The van der Waals surface area contributed by atoms with Crippen molar-refractivity contribution < 1.29 is 8.78 Å². The molecule has 1 nitrogen and oxygen atoms in total. The summed E-state index contributed by atoms with van der Waals surface area (Å²) in [5.74, 6) is -1.14. The first-order chi connectivity index (χ1) is 8.97. The van der Waals surface area contributed by atoms with Crippen LogP contribution < -0.4 is 0 Å². The third-order valence-electron chi connectivity index (χ3n) is 2.72. The van der Waals surface area contributed by atoms with Crippen LogP contribution in [0.4, 0.5) is 8.78 Å². The maximum absolute atomic E-state index is 13.8. The number of rotatable bonds is 3. The summed E-state index contributed by atoms with van der Waals surface area (Å²) in [4.78, 5) is 3.79. The van der Waals surface area contributed by atoms with Gasteiger partial charge in [-0.15, -0.1) is 0 Å². The van der Waals surface area contributed by atoms with E-state index in [0.717, 1.165) is 11.3 Å². The molecule has 1 aromatic heterocycles. The van der Waals surface area contributed by atoms with Gasteiger partial charge in [-0.25, -0.2) is 8.78 Å². The Bertz CT molecular complexity index is 561. The maximum atomic E-state index is 13.8. The minimum Gasteiger partial charge on any atom is -0.261 e. The van der Waals surface area contributed by atoms with Crippen LogP contribution in [-0.4, -0.2) is 4.98 Å². The smallest absolute Gasteiger partial charge is 0.131 e. The second-order valence-corrected chi connectivity index (χ2v) is 6.30. The third-order valence-corrected chi connectivity index (χ3v) is 3.96. The predicted octanol–water partition coefficient (Wildman–Crippen LogP) is 5.11. The fraction of sp³-hybridized carbons (Fsp3) is 0.214. The number of nitrogens with zero attached hydrogens (tertiary/aromatic N) is 1. The number of benzene rings is 1. The molecule has 2 aromatic rings. The zero-order valence-corrected chi connectivity index (χ0v) is 13.3. The van der Waals surface area contributed by atoms with Crippen LogP contribution in [0.5, 0.6) is 0 Å². The van der Waals surface area contributed by atoms with Crippen LogP contribution in [-0.2, 0) is 6.42 Å². The van der Waals surface area contributed by atoms with Crippen LogP contribution in [0.2, 0.25) is 0 Å². The lowest BCUT2D eigenvalue weighted by Gasteiger charge is -2.12. The molecule has 0 bridgehead atoms. The molecule has 19 heavy (non-hydrogen) atoms. The summed E-state index contributed by atoms with van der Waals surface area (Å²) < 4.78 is 28.0. The van der Waals surface area contributed by atoms with Crippen LogP contribution in [0.3, 0.4) is 0 Å². The van der Waals surface area contributed by atoms with Gasteiger partial charge in [-0.2, -0.15) is 0 Å². The Kier molecular flexibility index (Phi) is 4.68. The van der Waals surface area contributed by atoms with Crippen LogP contribution in [0, 0.1) is 18.6 Å². The number of aryl methyl sites for hydroxylation is 1. The van der Waals surface area contributed by atoms with Gasteiger partial charge in [-0.1, -0.05) is 37.9 Å². The van der Waals surface area contributed by atoms with E-state index in [-0.39, 0.29) is 5.56 Å². The molecular formula is C14H11Br2F2N. The van der Waals surface area contributed by atoms with Crippen molar-refractivity contribution in [3.63, 3.8) is 0 Å². The number of hydrogen-bond donors (Lipinski definition) is 0. The van der Waals surface area contributed by atoms with E-state index < -0.39 is 16.5 Å². The first-order valence-corrected chi connectivity index (χ1v) is 7.38. The second-order valence-electron chi connectivity index (χ2n) is 4.28.